The molecule has 86 valence electrons. The van der Waals surface area contributed by atoms with Crippen LogP contribution in [-0.4, -0.2) is 10.7 Å². The fourth-order valence-electron chi connectivity index (χ4n) is 3.12. The first-order chi connectivity index (χ1) is 7.79. The van der Waals surface area contributed by atoms with Crippen molar-refractivity contribution in [2.24, 2.45) is 0 Å². The van der Waals surface area contributed by atoms with Crippen molar-refractivity contribution in [3.05, 3.63) is 35.4 Å². The predicted octanol–water partition coefficient (Wildman–Crippen LogP) is 2.95. The van der Waals surface area contributed by atoms with Gasteiger partial charge >= 0.3 is 0 Å². The van der Waals surface area contributed by atoms with Gasteiger partial charge in [-0.2, -0.15) is 0 Å². The molecule has 2 heteroatoms. The van der Waals surface area contributed by atoms with E-state index in [0.717, 1.165) is 24.8 Å². The Balaban J connectivity index is 1.93. The average molecular weight is 218 g/mol. The Labute approximate surface area is 96.2 Å². The minimum absolute atomic E-state index is 0.0774. The molecule has 1 aliphatic carbocycles. The third kappa shape index (κ3) is 1.66. The molecule has 1 atom stereocenters. The lowest BCUT2D eigenvalue weighted by molar-refractivity contribution is -0.210. The fourth-order valence-corrected chi connectivity index (χ4v) is 3.12. The Hall–Kier alpha value is -0.860. The Morgan fingerprint density at radius 1 is 1.12 bits per heavy atom. The van der Waals surface area contributed by atoms with Gasteiger partial charge in [0, 0.05) is 12.0 Å². The van der Waals surface area contributed by atoms with Crippen LogP contribution in [0.5, 0.6) is 0 Å². The van der Waals surface area contributed by atoms with E-state index in [0.29, 0.717) is 0 Å². The Morgan fingerprint density at radius 2 is 1.88 bits per heavy atom. The van der Waals surface area contributed by atoms with Crippen LogP contribution in [-0.2, 0) is 11.2 Å². The van der Waals surface area contributed by atoms with Crippen molar-refractivity contribution in [1.29, 1.82) is 0 Å². The van der Waals surface area contributed by atoms with Gasteiger partial charge in [0.2, 0.25) is 0 Å². The Kier molecular flexibility index (Phi) is 2.49. The monoisotopic (exact) mass is 218 g/mol. The number of benzene rings is 1. The van der Waals surface area contributed by atoms with Crippen LogP contribution in [0.15, 0.2) is 24.3 Å². The van der Waals surface area contributed by atoms with Crippen LogP contribution < -0.4 is 0 Å². The highest BCUT2D eigenvalue weighted by molar-refractivity contribution is 5.31. The highest BCUT2D eigenvalue weighted by Gasteiger charge is 2.39. The number of hydrogen-bond donors (Lipinski definition) is 1. The third-order valence-corrected chi connectivity index (χ3v) is 3.96. The van der Waals surface area contributed by atoms with E-state index < -0.39 is 6.29 Å². The maximum absolute atomic E-state index is 10.1. The molecular formula is C14H18O2. The van der Waals surface area contributed by atoms with Crippen molar-refractivity contribution in [3.8, 4) is 0 Å². The van der Waals surface area contributed by atoms with Gasteiger partial charge in [0.1, 0.15) is 0 Å². The number of rotatable bonds is 0. The van der Waals surface area contributed by atoms with Gasteiger partial charge in [-0.1, -0.05) is 43.5 Å². The summed E-state index contributed by atoms with van der Waals surface area (Å²) in [5, 5.41) is 10.1. The molecule has 1 aromatic carbocycles. The number of ether oxygens (including phenoxy) is 1. The summed E-state index contributed by atoms with van der Waals surface area (Å²) >= 11 is 0. The summed E-state index contributed by atoms with van der Waals surface area (Å²) in [6.45, 7) is 0. The van der Waals surface area contributed by atoms with Gasteiger partial charge in [0.15, 0.2) is 6.29 Å². The molecule has 1 fully saturated rings. The largest absolute Gasteiger partial charge is 0.364 e. The maximum Gasteiger partial charge on any atom is 0.182 e. The molecule has 1 aromatic rings. The SMILES string of the molecule is O[C@@H]1OC2(CCCCC2)Cc2ccccc21. The van der Waals surface area contributed by atoms with E-state index in [1.165, 1.54) is 24.8 Å². The molecule has 0 bridgehead atoms. The average Bonchev–Trinajstić information content (AvgIpc) is 2.30. The molecule has 1 saturated carbocycles. The molecule has 0 saturated heterocycles. The summed E-state index contributed by atoms with van der Waals surface area (Å²) in [6.07, 6.45) is 6.21. The maximum atomic E-state index is 10.1. The fraction of sp³-hybridized carbons (Fsp3) is 0.571. The summed E-state index contributed by atoms with van der Waals surface area (Å²) in [4.78, 5) is 0. The van der Waals surface area contributed by atoms with E-state index in [1.54, 1.807) is 0 Å². The van der Waals surface area contributed by atoms with E-state index >= 15 is 0 Å². The van der Waals surface area contributed by atoms with Crippen LogP contribution in [0.4, 0.5) is 0 Å². The molecule has 2 aliphatic rings. The summed E-state index contributed by atoms with van der Waals surface area (Å²) in [5.41, 5.74) is 2.15. The zero-order valence-corrected chi connectivity index (χ0v) is 9.48. The molecule has 0 radical (unpaired) electrons. The molecular weight excluding hydrogens is 200 g/mol. The summed E-state index contributed by atoms with van der Waals surface area (Å²) in [6, 6.07) is 8.10. The first-order valence-electron chi connectivity index (χ1n) is 6.23. The summed E-state index contributed by atoms with van der Waals surface area (Å²) < 4.78 is 5.90. The molecule has 0 amide bonds. The second kappa shape index (κ2) is 3.86. The van der Waals surface area contributed by atoms with Crippen LogP contribution in [0.2, 0.25) is 0 Å². The lowest BCUT2D eigenvalue weighted by Gasteiger charge is -2.43. The van der Waals surface area contributed by atoms with Gasteiger partial charge in [0.05, 0.1) is 5.60 Å². The zero-order chi connectivity index (χ0) is 11.0. The Bertz CT molecular complexity index is 380. The second-order valence-electron chi connectivity index (χ2n) is 5.09. The minimum Gasteiger partial charge on any atom is -0.364 e. The minimum atomic E-state index is -0.719. The molecule has 3 rings (SSSR count). The first-order valence-corrected chi connectivity index (χ1v) is 6.23. The van der Waals surface area contributed by atoms with Crippen LogP contribution in [0.3, 0.4) is 0 Å². The Morgan fingerprint density at radius 3 is 2.69 bits per heavy atom. The van der Waals surface area contributed by atoms with E-state index in [1.807, 2.05) is 18.2 Å². The number of aliphatic hydroxyl groups excluding tert-OH is 1. The van der Waals surface area contributed by atoms with E-state index in [2.05, 4.69) is 6.07 Å². The lowest BCUT2D eigenvalue weighted by atomic mass is 9.78. The summed E-state index contributed by atoms with van der Waals surface area (Å²) in [7, 11) is 0. The van der Waals surface area contributed by atoms with Gasteiger partial charge < -0.3 is 9.84 Å². The van der Waals surface area contributed by atoms with Crippen molar-refractivity contribution in [1.82, 2.24) is 0 Å². The van der Waals surface area contributed by atoms with Crippen molar-refractivity contribution in [3.63, 3.8) is 0 Å². The second-order valence-corrected chi connectivity index (χ2v) is 5.09. The smallest absolute Gasteiger partial charge is 0.182 e. The molecule has 0 unspecified atom stereocenters. The van der Waals surface area contributed by atoms with Crippen molar-refractivity contribution < 1.29 is 9.84 Å². The molecule has 1 aliphatic heterocycles. The number of aliphatic hydroxyl groups is 1. The molecule has 1 N–H and O–H groups in total. The standard InChI is InChI=1S/C14H18O2/c15-13-12-7-3-2-6-11(12)10-14(16-13)8-4-1-5-9-14/h2-3,6-7,13,15H,1,4-5,8-10H2/t13-/m1/s1. The highest BCUT2D eigenvalue weighted by Crippen LogP contribution is 2.42. The zero-order valence-electron chi connectivity index (χ0n) is 9.48. The van der Waals surface area contributed by atoms with E-state index in [4.69, 9.17) is 4.74 Å². The quantitative estimate of drug-likeness (QED) is 0.725. The number of fused-ring (bicyclic) bond motifs is 1. The number of hydrogen-bond acceptors (Lipinski definition) is 2. The molecule has 0 aromatic heterocycles. The van der Waals surface area contributed by atoms with Crippen molar-refractivity contribution >= 4 is 0 Å². The van der Waals surface area contributed by atoms with Gasteiger partial charge in [-0.25, -0.2) is 0 Å². The highest BCUT2D eigenvalue weighted by atomic mass is 16.6. The van der Waals surface area contributed by atoms with Gasteiger partial charge in [-0.05, 0) is 18.4 Å². The van der Waals surface area contributed by atoms with Gasteiger partial charge in [-0.3, -0.25) is 0 Å². The normalized spacial score (nSPS) is 27.7. The topological polar surface area (TPSA) is 29.5 Å². The van der Waals surface area contributed by atoms with Crippen molar-refractivity contribution in [2.75, 3.05) is 0 Å². The van der Waals surface area contributed by atoms with Crippen LogP contribution in [0, 0.1) is 0 Å². The van der Waals surface area contributed by atoms with E-state index in [-0.39, 0.29) is 5.60 Å². The van der Waals surface area contributed by atoms with Crippen LogP contribution in [0.1, 0.15) is 49.5 Å². The molecule has 2 nitrogen and oxygen atoms in total. The first kappa shape index (κ1) is 10.3. The van der Waals surface area contributed by atoms with Crippen molar-refractivity contribution in [2.45, 2.75) is 50.4 Å². The molecule has 16 heavy (non-hydrogen) atoms. The predicted molar refractivity (Wildman–Crippen MR) is 62.0 cm³/mol. The summed E-state index contributed by atoms with van der Waals surface area (Å²) in [5.74, 6) is 0. The molecule has 1 heterocycles. The van der Waals surface area contributed by atoms with Gasteiger partial charge in [0.25, 0.3) is 0 Å². The third-order valence-electron chi connectivity index (χ3n) is 3.96. The van der Waals surface area contributed by atoms with E-state index in [9.17, 15) is 5.11 Å². The van der Waals surface area contributed by atoms with Gasteiger partial charge in [-0.15, -0.1) is 0 Å². The lowest BCUT2D eigenvalue weighted by Crippen LogP contribution is -2.42. The van der Waals surface area contributed by atoms with Crippen LogP contribution >= 0.6 is 0 Å². The molecule has 1 spiro atoms. The van der Waals surface area contributed by atoms with Crippen LogP contribution in [0.25, 0.3) is 0 Å².